The topological polar surface area (TPSA) is 66.7 Å². The van der Waals surface area contributed by atoms with Crippen molar-refractivity contribution in [2.75, 3.05) is 26.2 Å². The Morgan fingerprint density at radius 3 is 2.10 bits per heavy atom. The number of piperazine rings is 1. The normalized spacial score (nSPS) is 14.1. The molecule has 0 atom stereocenters. The Morgan fingerprint density at radius 1 is 0.897 bits per heavy atom. The minimum Gasteiger partial charge on any atom is -0.360 e. The summed E-state index contributed by atoms with van der Waals surface area (Å²) >= 11 is 0. The Labute approximate surface area is 167 Å². The smallest absolute Gasteiger partial charge is 0.259 e. The molecular formula is C22H20FN3O3. The highest BCUT2D eigenvalue weighted by Crippen LogP contribution is 2.26. The first-order valence-corrected chi connectivity index (χ1v) is 9.40. The zero-order chi connectivity index (χ0) is 20.4. The van der Waals surface area contributed by atoms with Gasteiger partial charge in [0.2, 0.25) is 0 Å². The van der Waals surface area contributed by atoms with Gasteiger partial charge in [-0.1, -0.05) is 35.5 Å². The Kier molecular flexibility index (Phi) is 5.12. The van der Waals surface area contributed by atoms with E-state index in [-0.39, 0.29) is 17.6 Å². The maximum absolute atomic E-state index is 13.1. The SMILES string of the molecule is Cc1onc(-c2ccccc2)c1C(=O)N1CCN(C(=O)c2ccc(F)cc2)CC1. The van der Waals surface area contributed by atoms with Crippen molar-refractivity contribution in [1.29, 1.82) is 0 Å². The van der Waals surface area contributed by atoms with Gasteiger partial charge in [-0.25, -0.2) is 4.39 Å². The molecule has 0 spiro atoms. The molecule has 1 aliphatic rings. The molecule has 2 aromatic carbocycles. The number of rotatable bonds is 3. The number of amides is 2. The molecule has 7 heteroatoms. The van der Waals surface area contributed by atoms with Crippen LogP contribution in [0.4, 0.5) is 4.39 Å². The van der Waals surface area contributed by atoms with Crippen molar-refractivity contribution in [1.82, 2.24) is 15.0 Å². The van der Waals surface area contributed by atoms with Crippen LogP contribution in [0.2, 0.25) is 0 Å². The van der Waals surface area contributed by atoms with E-state index in [0.717, 1.165) is 5.56 Å². The summed E-state index contributed by atoms with van der Waals surface area (Å²) in [6, 6.07) is 14.9. The molecule has 0 aliphatic carbocycles. The zero-order valence-corrected chi connectivity index (χ0v) is 16.0. The fourth-order valence-corrected chi connectivity index (χ4v) is 3.46. The van der Waals surface area contributed by atoms with Crippen LogP contribution >= 0.6 is 0 Å². The van der Waals surface area contributed by atoms with Crippen LogP contribution in [0.5, 0.6) is 0 Å². The van der Waals surface area contributed by atoms with Crippen LogP contribution in [0.15, 0.2) is 59.1 Å². The molecule has 1 aromatic heterocycles. The highest BCUT2D eigenvalue weighted by molar-refractivity contribution is 6.01. The summed E-state index contributed by atoms with van der Waals surface area (Å²) in [6.07, 6.45) is 0. The van der Waals surface area contributed by atoms with E-state index in [9.17, 15) is 14.0 Å². The highest BCUT2D eigenvalue weighted by Gasteiger charge is 2.30. The molecule has 1 saturated heterocycles. The van der Waals surface area contributed by atoms with Gasteiger partial charge in [-0.2, -0.15) is 0 Å². The molecule has 0 N–H and O–H groups in total. The summed E-state index contributed by atoms with van der Waals surface area (Å²) in [5.74, 6) is -0.228. The Hall–Kier alpha value is -3.48. The average molecular weight is 393 g/mol. The number of benzene rings is 2. The van der Waals surface area contributed by atoms with E-state index >= 15 is 0 Å². The maximum atomic E-state index is 13.1. The van der Waals surface area contributed by atoms with E-state index in [2.05, 4.69) is 5.16 Å². The fraction of sp³-hybridized carbons (Fsp3) is 0.227. The molecular weight excluding hydrogens is 373 g/mol. The summed E-state index contributed by atoms with van der Waals surface area (Å²) < 4.78 is 18.4. The van der Waals surface area contributed by atoms with Crippen molar-refractivity contribution >= 4 is 11.8 Å². The molecule has 0 saturated carbocycles. The van der Waals surface area contributed by atoms with Gasteiger partial charge in [-0.05, 0) is 31.2 Å². The molecule has 0 radical (unpaired) electrons. The standard InChI is InChI=1S/C22H20FN3O3/c1-15-19(20(24-29-15)16-5-3-2-4-6-16)22(28)26-13-11-25(12-14-26)21(27)17-7-9-18(23)10-8-17/h2-10H,11-14H2,1H3. The third-order valence-electron chi connectivity index (χ3n) is 5.07. The Balaban J connectivity index is 1.47. The molecule has 1 fully saturated rings. The van der Waals surface area contributed by atoms with Crippen molar-refractivity contribution in [2.24, 2.45) is 0 Å². The van der Waals surface area contributed by atoms with E-state index in [0.29, 0.717) is 48.8 Å². The second-order valence-electron chi connectivity index (χ2n) is 6.92. The van der Waals surface area contributed by atoms with Crippen molar-refractivity contribution in [2.45, 2.75) is 6.92 Å². The lowest BCUT2D eigenvalue weighted by atomic mass is 10.0. The summed E-state index contributed by atoms with van der Waals surface area (Å²) in [5, 5.41) is 4.07. The van der Waals surface area contributed by atoms with Crippen molar-refractivity contribution < 1.29 is 18.5 Å². The van der Waals surface area contributed by atoms with Gasteiger partial charge in [-0.15, -0.1) is 0 Å². The lowest BCUT2D eigenvalue weighted by Crippen LogP contribution is -2.50. The average Bonchev–Trinajstić information content (AvgIpc) is 3.15. The van der Waals surface area contributed by atoms with Gasteiger partial charge in [0.15, 0.2) is 0 Å². The zero-order valence-electron chi connectivity index (χ0n) is 16.0. The van der Waals surface area contributed by atoms with Gasteiger partial charge < -0.3 is 14.3 Å². The lowest BCUT2D eigenvalue weighted by molar-refractivity contribution is 0.0534. The third-order valence-corrected chi connectivity index (χ3v) is 5.07. The molecule has 0 unspecified atom stereocenters. The predicted octanol–water partition coefficient (Wildman–Crippen LogP) is 3.39. The number of hydrogen-bond donors (Lipinski definition) is 0. The Bertz CT molecular complexity index is 1020. The van der Waals surface area contributed by atoms with Crippen LogP contribution in [-0.4, -0.2) is 52.9 Å². The number of halogens is 1. The van der Waals surface area contributed by atoms with E-state index < -0.39 is 0 Å². The first kappa shape index (κ1) is 18.9. The predicted molar refractivity (Wildman–Crippen MR) is 105 cm³/mol. The van der Waals surface area contributed by atoms with Gasteiger partial charge in [-0.3, -0.25) is 9.59 Å². The largest absolute Gasteiger partial charge is 0.360 e. The molecule has 2 heterocycles. The van der Waals surface area contributed by atoms with E-state index in [1.54, 1.807) is 16.7 Å². The minimum atomic E-state index is -0.379. The van der Waals surface area contributed by atoms with Crippen LogP contribution in [0.1, 0.15) is 26.5 Å². The van der Waals surface area contributed by atoms with E-state index in [4.69, 9.17) is 4.52 Å². The second-order valence-corrected chi connectivity index (χ2v) is 6.92. The van der Waals surface area contributed by atoms with Crippen molar-refractivity contribution in [3.8, 4) is 11.3 Å². The molecule has 29 heavy (non-hydrogen) atoms. The number of aromatic nitrogens is 1. The third kappa shape index (κ3) is 3.76. The molecule has 0 bridgehead atoms. The van der Waals surface area contributed by atoms with E-state index in [1.807, 2.05) is 30.3 Å². The molecule has 148 valence electrons. The summed E-state index contributed by atoms with van der Waals surface area (Å²) in [7, 11) is 0. The quantitative estimate of drug-likeness (QED) is 0.684. The van der Waals surface area contributed by atoms with Gasteiger partial charge >= 0.3 is 0 Å². The van der Waals surface area contributed by atoms with Crippen LogP contribution < -0.4 is 0 Å². The molecule has 2 amide bonds. The number of hydrogen-bond acceptors (Lipinski definition) is 4. The second kappa shape index (κ2) is 7.87. The summed E-state index contributed by atoms with van der Waals surface area (Å²) in [6.45, 7) is 3.36. The van der Waals surface area contributed by atoms with Crippen molar-refractivity contribution in [3.05, 3.63) is 77.3 Å². The number of carbonyl (C=O) groups is 2. The lowest BCUT2D eigenvalue weighted by Gasteiger charge is -2.34. The molecule has 4 rings (SSSR count). The van der Waals surface area contributed by atoms with Gasteiger partial charge in [0, 0.05) is 37.3 Å². The van der Waals surface area contributed by atoms with Crippen LogP contribution in [0.25, 0.3) is 11.3 Å². The monoisotopic (exact) mass is 393 g/mol. The first-order valence-electron chi connectivity index (χ1n) is 9.40. The van der Waals surface area contributed by atoms with Gasteiger partial charge in [0.05, 0.1) is 0 Å². The van der Waals surface area contributed by atoms with Crippen LogP contribution in [0, 0.1) is 12.7 Å². The maximum Gasteiger partial charge on any atom is 0.259 e. The summed E-state index contributed by atoms with van der Waals surface area (Å²) in [4.78, 5) is 29.1. The molecule has 6 nitrogen and oxygen atoms in total. The number of nitrogens with zero attached hydrogens (tertiary/aromatic N) is 3. The number of aryl methyl sites for hydroxylation is 1. The molecule has 1 aliphatic heterocycles. The fourth-order valence-electron chi connectivity index (χ4n) is 3.46. The minimum absolute atomic E-state index is 0.156. The van der Waals surface area contributed by atoms with Gasteiger partial charge in [0.25, 0.3) is 11.8 Å². The number of carbonyl (C=O) groups excluding carboxylic acids is 2. The summed E-state index contributed by atoms with van der Waals surface area (Å²) in [5.41, 5.74) is 2.23. The van der Waals surface area contributed by atoms with Crippen molar-refractivity contribution in [3.63, 3.8) is 0 Å². The van der Waals surface area contributed by atoms with Gasteiger partial charge in [0.1, 0.15) is 22.8 Å². The highest BCUT2D eigenvalue weighted by atomic mass is 19.1. The first-order chi connectivity index (χ1) is 14.0. The Morgan fingerprint density at radius 2 is 1.48 bits per heavy atom. The van der Waals surface area contributed by atoms with Crippen LogP contribution in [0.3, 0.4) is 0 Å². The van der Waals surface area contributed by atoms with Crippen LogP contribution in [-0.2, 0) is 0 Å². The van der Waals surface area contributed by atoms with E-state index in [1.165, 1.54) is 24.3 Å². The molecule has 3 aromatic rings.